The number of nitrogens with zero attached hydrogens (tertiary/aromatic N) is 1. The zero-order valence-electron chi connectivity index (χ0n) is 12.8. The molecule has 1 N–H and O–H groups in total. The third-order valence-corrected chi connectivity index (χ3v) is 3.98. The van der Waals surface area contributed by atoms with Crippen LogP contribution < -0.4 is 15.0 Å². The van der Waals surface area contributed by atoms with Gasteiger partial charge in [0.15, 0.2) is 0 Å². The molecule has 2 aromatic carbocycles. The van der Waals surface area contributed by atoms with Crippen LogP contribution >= 0.6 is 0 Å². The van der Waals surface area contributed by atoms with Gasteiger partial charge in [0.25, 0.3) is 0 Å². The van der Waals surface area contributed by atoms with Gasteiger partial charge in [0.1, 0.15) is 11.9 Å². The Morgan fingerprint density at radius 3 is 2.43 bits per heavy atom. The summed E-state index contributed by atoms with van der Waals surface area (Å²) in [5.41, 5.74) is 2.02. The number of anilines is 2. The Hall–Kier alpha value is -2.37. The summed E-state index contributed by atoms with van der Waals surface area (Å²) in [6, 6.07) is 10.9. The number of hydrogen-bond donors (Lipinski definition) is 1. The molecule has 122 valence electrons. The summed E-state index contributed by atoms with van der Waals surface area (Å²) in [5.74, 6) is 0.725. The van der Waals surface area contributed by atoms with E-state index < -0.39 is 11.7 Å². The molecule has 1 atom stereocenters. The van der Waals surface area contributed by atoms with Crippen LogP contribution in [0.25, 0.3) is 0 Å². The maximum Gasteiger partial charge on any atom is 0.416 e. The summed E-state index contributed by atoms with van der Waals surface area (Å²) in [6.45, 7) is 0.575. The van der Waals surface area contributed by atoms with E-state index in [0.29, 0.717) is 6.54 Å². The number of nitrogens with one attached hydrogen (secondary N) is 1. The van der Waals surface area contributed by atoms with Gasteiger partial charge in [0, 0.05) is 19.8 Å². The Labute approximate surface area is 132 Å². The highest BCUT2D eigenvalue weighted by molar-refractivity contribution is 5.67. The van der Waals surface area contributed by atoms with Gasteiger partial charge in [-0.1, -0.05) is 12.1 Å². The standard InChI is InChI=1S/C17H17F3N2O/c1-21-13-7-8-15-14(9-13)22(2)10-16(23-15)11-3-5-12(6-4-11)17(18,19)20/h3-9,16,21H,10H2,1-2H3. The highest BCUT2D eigenvalue weighted by Gasteiger charge is 2.31. The van der Waals surface area contributed by atoms with E-state index in [4.69, 9.17) is 4.74 Å². The minimum absolute atomic E-state index is 0.296. The lowest BCUT2D eigenvalue weighted by Gasteiger charge is -2.34. The van der Waals surface area contributed by atoms with Crippen molar-refractivity contribution in [3.05, 3.63) is 53.6 Å². The van der Waals surface area contributed by atoms with E-state index in [1.807, 2.05) is 37.2 Å². The maximum atomic E-state index is 12.6. The fourth-order valence-electron chi connectivity index (χ4n) is 2.67. The van der Waals surface area contributed by atoms with Crippen molar-refractivity contribution in [2.45, 2.75) is 12.3 Å². The number of ether oxygens (including phenoxy) is 1. The number of benzene rings is 2. The molecule has 3 nitrogen and oxygen atoms in total. The van der Waals surface area contributed by atoms with Gasteiger partial charge >= 0.3 is 6.18 Å². The molecule has 1 heterocycles. The van der Waals surface area contributed by atoms with Crippen LogP contribution in [0.1, 0.15) is 17.2 Å². The van der Waals surface area contributed by atoms with Crippen LogP contribution in [-0.4, -0.2) is 20.6 Å². The van der Waals surface area contributed by atoms with E-state index in [-0.39, 0.29) is 6.10 Å². The Kier molecular flexibility index (Phi) is 3.83. The topological polar surface area (TPSA) is 24.5 Å². The number of alkyl halides is 3. The molecule has 0 radical (unpaired) electrons. The summed E-state index contributed by atoms with van der Waals surface area (Å²) >= 11 is 0. The van der Waals surface area contributed by atoms with Gasteiger partial charge in [-0.2, -0.15) is 13.2 Å². The molecule has 0 bridgehead atoms. The second kappa shape index (κ2) is 5.68. The summed E-state index contributed by atoms with van der Waals surface area (Å²) in [7, 11) is 3.79. The van der Waals surface area contributed by atoms with Crippen LogP contribution in [0.5, 0.6) is 5.75 Å². The molecule has 0 fully saturated rings. The van der Waals surface area contributed by atoms with Crippen LogP contribution in [0.15, 0.2) is 42.5 Å². The van der Waals surface area contributed by atoms with Gasteiger partial charge in [-0.05, 0) is 35.9 Å². The van der Waals surface area contributed by atoms with Crippen LogP contribution in [0.2, 0.25) is 0 Å². The summed E-state index contributed by atoms with van der Waals surface area (Å²) in [5, 5.41) is 3.07. The van der Waals surface area contributed by atoms with E-state index in [0.717, 1.165) is 34.8 Å². The van der Waals surface area contributed by atoms with Crippen molar-refractivity contribution in [3.8, 4) is 5.75 Å². The first-order chi connectivity index (χ1) is 10.9. The number of fused-ring (bicyclic) bond motifs is 1. The molecule has 1 unspecified atom stereocenters. The molecule has 0 spiro atoms. The highest BCUT2D eigenvalue weighted by Crippen LogP contribution is 2.39. The lowest BCUT2D eigenvalue weighted by Crippen LogP contribution is -2.32. The zero-order valence-corrected chi connectivity index (χ0v) is 12.8. The number of hydrogen-bond acceptors (Lipinski definition) is 3. The Balaban J connectivity index is 1.85. The Morgan fingerprint density at radius 2 is 1.83 bits per heavy atom. The molecule has 0 amide bonds. The first-order valence-corrected chi connectivity index (χ1v) is 7.25. The van der Waals surface area contributed by atoms with Crippen molar-refractivity contribution in [2.24, 2.45) is 0 Å². The van der Waals surface area contributed by atoms with Gasteiger partial charge in [-0.15, -0.1) is 0 Å². The average molecular weight is 322 g/mol. The molecule has 3 rings (SSSR count). The largest absolute Gasteiger partial charge is 0.482 e. The van der Waals surface area contributed by atoms with Crippen molar-refractivity contribution in [3.63, 3.8) is 0 Å². The monoisotopic (exact) mass is 322 g/mol. The molecule has 6 heteroatoms. The third kappa shape index (κ3) is 3.06. The minimum atomic E-state index is -4.32. The van der Waals surface area contributed by atoms with Gasteiger partial charge in [-0.25, -0.2) is 0 Å². The van der Waals surface area contributed by atoms with Crippen molar-refractivity contribution < 1.29 is 17.9 Å². The number of rotatable bonds is 2. The van der Waals surface area contributed by atoms with Crippen molar-refractivity contribution in [2.75, 3.05) is 30.9 Å². The summed E-state index contributed by atoms with van der Waals surface area (Å²) in [4.78, 5) is 2.04. The lowest BCUT2D eigenvalue weighted by molar-refractivity contribution is -0.137. The zero-order chi connectivity index (χ0) is 16.6. The van der Waals surface area contributed by atoms with Crippen LogP contribution in [0.4, 0.5) is 24.5 Å². The smallest absolute Gasteiger partial charge is 0.416 e. The van der Waals surface area contributed by atoms with E-state index in [1.165, 1.54) is 12.1 Å². The summed E-state index contributed by atoms with van der Waals surface area (Å²) < 4.78 is 43.9. The van der Waals surface area contributed by atoms with Gasteiger partial charge in [0.2, 0.25) is 0 Å². The van der Waals surface area contributed by atoms with Crippen molar-refractivity contribution in [1.82, 2.24) is 0 Å². The molecule has 23 heavy (non-hydrogen) atoms. The SMILES string of the molecule is CNc1ccc2c(c1)N(C)CC(c1ccc(C(F)(F)F)cc1)O2. The predicted molar refractivity (Wildman–Crippen MR) is 84.1 cm³/mol. The molecule has 2 aromatic rings. The predicted octanol–water partition coefficient (Wildman–Crippen LogP) is 4.32. The fraction of sp³-hybridized carbons (Fsp3) is 0.294. The molecule has 0 saturated heterocycles. The van der Waals surface area contributed by atoms with Crippen molar-refractivity contribution in [1.29, 1.82) is 0 Å². The van der Waals surface area contributed by atoms with Gasteiger partial charge in [-0.3, -0.25) is 0 Å². The second-order valence-electron chi connectivity index (χ2n) is 5.54. The number of likely N-dealkylation sites (N-methyl/N-ethyl adjacent to an activating group) is 1. The molecule has 1 aliphatic heterocycles. The first-order valence-electron chi connectivity index (χ1n) is 7.25. The van der Waals surface area contributed by atoms with E-state index >= 15 is 0 Å². The molecular weight excluding hydrogens is 305 g/mol. The third-order valence-electron chi connectivity index (χ3n) is 3.98. The van der Waals surface area contributed by atoms with Crippen LogP contribution in [-0.2, 0) is 6.18 Å². The molecule has 0 saturated carbocycles. The normalized spacial score (nSPS) is 17.4. The number of halogens is 3. The van der Waals surface area contributed by atoms with E-state index in [2.05, 4.69) is 5.32 Å². The van der Waals surface area contributed by atoms with E-state index in [9.17, 15) is 13.2 Å². The average Bonchev–Trinajstić information content (AvgIpc) is 2.54. The van der Waals surface area contributed by atoms with Crippen LogP contribution in [0.3, 0.4) is 0 Å². The van der Waals surface area contributed by atoms with E-state index in [1.54, 1.807) is 0 Å². The fourth-order valence-corrected chi connectivity index (χ4v) is 2.67. The Morgan fingerprint density at radius 1 is 1.13 bits per heavy atom. The quantitative estimate of drug-likeness (QED) is 0.891. The van der Waals surface area contributed by atoms with Gasteiger partial charge in [0.05, 0.1) is 17.8 Å². The summed E-state index contributed by atoms with van der Waals surface area (Å²) in [6.07, 6.45) is -4.62. The Bertz CT molecular complexity index is 698. The molecular formula is C17H17F3N2O. The second-order valence-corrected chi connectivity index (χ2v) is 5.54. The first kappa shape index (κ1) is 15.5. The van der Waals surface area contributed by atoms with Gasteiger partial charge < -0.3 is 15.0 Å². The molecule has 0 aromatic heterocycles. The molecule has 0 aliphatic carbocycles. The molecule has 1 aliphatic rings. The lowest BCUT2D eigenvalue weighted by atomic mass is 10.0. The minimum Gasteiger partial charge on any atom is -0.482 e. The van der Waals surface area contributed by atoms with Crippen molar-refractivity contribution >= 4 is 11.4 Å². The maximum absolute atomic E-state index is 12.6. The highest BCUT2D eigenvalue weighted by atomic mass is 19.4. The van der Waals surface area contributed by atoms with Crippen LogP contribution in [0, 0.1) is 0 Å².